The summed E-state index contributed by atoms with van der Waals surface area (Å²) in [5.41, 5.74) is -0.198. The number of esters is 1. The largest absolute Gasteiger partial charge is 0.497 e. The van der Waals surface area contributed by atoms with Gasteiger partial charge in [0.15, 0.2) is 6.61 Å². The normalized spacial score (nSPS) is 10.7. The van der Waals surface area contributed by atoms with Gasteiger partial charge >= 0.3 is 5.97 Å². The molecule has 0 atom stereocenters. The first kappa shape index (κ1) is 25.2. The second-order valence-corrected chi connectivity index (χ2v) is 8.04. The number of carbonyl (C=O) groups excluding carboxylic acids is 3. The van der Waals surface area contributed by atoms with Crippen LogP contribution in [0.4, 0.5) is 11.4 Å². The van der Waals surface area contributed by atoms with Crippen LogP contribution in [0.2, 0.25) is 0 Å². The lowest BCUT2D eigenvalue weighted by Crippen LogP contribution is -2.36. The number of sulfonamides is 1. The van der Waals surface area contributed by atoms with Gasteiger partial charge < -0.3 is 14.8 Å². The maximum absolute atomic E-state index is 12.3. The second kappa shape index (κ2) is 11.0. The van der Waals surface area contributed by atoms with Gasteiger partial charge in [0.2, 0.25) is 10.0 Å². The monoisotopic (exact) mass is 480 g/mol. The number of hydrogen-bond acceptors (Lipinski definition) is 10. The number of nitrogens with one attached hydrogen (secondary N) is 3. The lowest BCUT2D eigenvalue weighted by Gasteiger charge is -2.09. The van der Waals surface area contributed by atoms with Crippen molar-refractivity contribution in [1.82, 2.24) is 10.0 Å². The summed E-state index contributed by atoms with van der Waals surface area (Å²) in [6, 6.07) is 9.04. The van der Waals surface area contributed by atoms with Crippen LogP contribution in [-0.4, -0.2) is 58.4 Å². The molecular formula is C19H20N4O9S. The van der Waals surface area contributed by atoms with E-state index in [-0.39, 0.29) is 11.3 Å². The standard InChI is InChI=1S/C19H20N4O9S/c1-20-15-8-7-14(9-16(15)23(27)28)33(29,30)21-10-18(25)32-11-17(24)22-19(26)12-3-5-13(31-2)6-4-12/h3-9,20-21H,10-11H2,1-2H3,(H,22,24,26). The first-order chi connectivity index (χ1) is 15.6. The van der Waals surface area contributed by atoms with Crippen molar-refractivity contribution in [3.05, 3.63) is 58.1 Å². The molecule has 0 heterocycles. The van der Waals surface area contributed by atoms with Crippen molar-refractivity contribution in [2.24, 2.45) is 0 Å². The quantitative estimate of drug-likeness (QED) is 0.245. The van der Waals surface area contributed by atoms with Crippen LogP contribution >= 0.6 is 0 Å². The Kier molecular flexibility index (Phi) is 8.42. The first-order valence-corrected chi connectivity index (χ1v) is 10.7. The molecule has 0 aromatic heterocycles. The van der Waals surface area contributed by atoms with E-state index in [1.54, 1.807) is 0 Å². The molecule has 0 aliphatic heterocycles. The zero-order valence-electron chi connectivity index (χ0n) is 17.5. The first-order valence-electron chi connectivity index (χ1n) is 9.17. The lowest BCUT2D eigenvalue weighted by molar-refractivity contribution is -0.384. The summed E-state index contributed by atoms with van der Waals surface area (Å²) in [4.78, 5) is 45.4. The number of nitro groups is 1. The van der Waals surface area contributed by atoms with Gasteiger partial charge in [0.25, 0.3) is 17.5 Å². The smallest absolute Gasteiger partial charge is 0.321 e. The Morgan fingerprint density at radius 1 is 1.09 bits per heavy atom. The van der Waals surface area contributed by atoms with Crippen LogP contribution in [-0.2, 0) is 24.3 Å². The van der Waals surface area contributed by atoms with Crippen LogP contribution in [0.1, 0.15) is 10.4 Å². The summed E-state index contributed by atoms with van der Waals surface area (Å²) in [6.07, 6.45) is 0. The average molecular weight is 480 g/mol. The number of hydrogen-bond donors (Lipinski definition) is 3. The van der Waals surface area contributed by atoms with E-state index in [9.17, 15) is 32.9 Å². The summed E-state index contributed by atoms with van der Waals surface area (Å²) in [5, 5.41) is 15.7. The molecule has 2 aromatic rings. The van der Waals surface area contributed by atoms with Crippen molar-refractivity contribution >= 4 is 39.2 Å². The topological polar surface area (TPSA) is 183 Å². The van der Waals surface area contributed by atoms with Gasteiger partial charge in [0.05, 0.1) is 16.9 Å². The number of ether oxygens (including phenoxy) is 2. The van der Waals surface area contributed by atoms with Crippen LogP contribution < -0.4 is 20.1 Å². The molecular weight excluding hydrogens is 460 g/mol. The van der Waals surface area contributed by atoms with Gasteiger partial charge in [-0.25, -0.2) is 8.42 Å². The van der Waals surface area contributed by atoms with Crippen LogP contribution in [0.5, 0.6) is 5.75 Å². The molecule has 3 N–H and O–H groups in total. The third kappa shape index (κ3) is 6.98. The Hall–Kier alpha value is -4.04. The number of methoxy groups -OCH3 is 1. The molecule has 0 bridgehead atoms. The van der Waals surface area contributed by atoms with E-state index in [1.165, 1.54) is 44.5 Å². The second-order valence-electron chi connectivity index (χ2n) is 6.28. The molecule has 33 heavy (non-hydrogen) atoms. The molecule has 13 nitrogen and oxygen atoms in total. The minimum atomic E-state index is -4.28. The van der Waals surface area contributed by atoms with E-state index in [2.05, 4.69) is 10.1 Å². The maximum atomic E-state index is 12.3. The van der Waals surface area contributed by atoms with Gasteiger partial charge in [-0.1, -0.05) is 0 Å². The van der Waals surface area contributed by atoms with E-state index in [0.29, 0.717) is 5.75 Å². The molecule has 14 heteroatoms. The predicted molar refractivity (Wildman–Crippen MR) is 114 cm³/mol. The predicted octanol–water partition coefficient (Wildman–Crippen LogP) is 0.423. The van der Waals surface area contributed by atoms with E-state index >= 15 is 0 Å². The molecule has 0 fully saturated rings. The Bertz CT molecular complexity index is 1160. The number of nitro benzene ring substituents is 1. The Balaban J connectivity index is 1.87. The zero-order chi connectivity index (χ0) is 24.6. The number of imide groups is 1. The molecule has 2 aromatic carbocycles. The van der Waals surface area contributed by atoms with E-state index in [0.717, 1.165) is 12.1 Å². The zero-order valence-corrected chi connectivity index (χ0v) is 18.3. The third-order valence-electron chi connectivity index (χ3n) is 4.12. The minimum Gasteiger partial charge on any atom is -0.497 e. The van der Waals surface area contributed by atoms with Crippen molar-refractivity contribution in [1.29, 1.82) is 0 Å². The molecule has 0 spiro atoms. The summed E-state index contributed by atoms with van der Waals surface area (Å²) in [6.45, 7) is -1.67. The van der Waals surface area contributed by atoms with Gasteiger partial charge in [-0.2, -0.15) is 4.72 Å². The fourth-order valence-corrected chi connectivity index (χ4v) is 3.44. The van der Waals surface area contributed by atoms with Gasteiger partial charge in [-0.15, -0.1) is 0 Å². The fourth-order valence-electron chi connectivity index (χ4n) is 2.45. The van der Waals surface area contributed by atoms with Gasteiger partial charge in [0.1, 0.15) is 18.0 Å². The van der Waals surface area contributed by atoms with Crippen molar-refractivity contribution in [3.63, 3.8) is 0 Å². The highest BCUT2D eigenvalue weighted by Crippen LogP contribution is 2.26. The number of anilines is 1. The Labute approximate surface area is 188 Å². The number of nitrogens with zero attached hydrogens (tertiary/aromatic N) is 1. The van der Waals surface area contributed by atoms with Crippen LogP contribution in [0.25, 0.3) is 0 Å². The average Bonchev–Trinajstić information content (AvgIpc) is 2.80. The van der Waals surface area contributed by atoms with Gasteiger partial charge in [0, 0.05) is 18.7 Å². The molecule has 0 radical (unpaired) electrons. The van der Waals surface area contributed by atoms with Crippen LogP contribution in [0, 0.1) is 10.1 Å². The van der Waals surface area contributed by atoms with Crippen molar-refractivity contribution in [2.45, 2.75) is 4.90 Å². The fraction of sp³-hybridized carbons (Fsp3) is 0.211. The number of carbonyl (C=O) groups is 3. The molecule has 0 saturated carbocycles. The maximum Gasteiger partial charge on any atom is 0.321 e. The van der Waals surface area contributed by atoms with Crippen molar-refractivity contribution in [3.8, 4) is 5.75 Å². The molecule has 176 valence electrons. The molecule has 0 saturated heterocycles. The van der Waals surface area contributed by atoms with Gasteiger partial charge in [-0.3, -0.25) is 29.8 Å². The highest BCUT2D eigenvalue weighted by Gasteiger charge is 2.22. The molecule has 0 aliphatic carbocycles. The van der Waals surface area contributed by atoms with Crippen LogP contribution in [0.15, 0.2) is 47.4 Å². The van der Waals surface area contributed by atoms with Crippen molar-refractivity contribution < 1.29 is 37.2 Å². The summed E-state index contributed by atoms with van der Waals surface area (Å²) >= 11 is 0. The van der Waals surface area contributed by atoms with E-state index < -0.39 is 56.5 Å². The highest BCUT2D eigenvalue weighted by molar-refractivity contribution is 7.89. The van der Waals surface area contributed by atoms with Crippen LogP contribution in [0.3, 0.4) is 0 Å². The van der Waals surface area contributed by atoms with Gasteiger partial charge in [-0.05, 0) is 36.4 Å². The third-order valence-corrected chi connectivity index (χ3v) is 5.52. The molecule has 0 aliphatic rings. The van der Waals surface area contributed by atoms with E-state index in [1.807, 2.05) is 10.0 Å². The molecule has 2 amide bonds. The summed E-state index contributed by atoms with van der Waals surface area (Å²) in [7, 11) is -1.39. The number of rotatable bonds is 10. The molecule has 0 unspecified atom stereocenters. The Morgan fingerprint density at radius 2 is 1.76 bits per heavy atom. The number of amides is 2. The molecule has 2 rings (SSSR count). The SMILES string of the molecule is CNc1ccc(S(=O)(=O)NCC(=O)OCC(=O)NC(=O)c2ccc(OC)cc2)cc1[N+](=O)[O-]. The number of benzene rings is 2. The summed E-state index contributed by atoms with van der Waals surface area (Å²) < 4.78 is 36.1. The Morgan fingerprint density at radius 3 is 2.33 bits per heavy atom. The highest BCUT2D eigenvalue weighted by atomic mass is 32.2. The summed E-state index contributed by atoms with van der Waals surface area (Å²) in [5.74, 6) is -2.25. The minimum absolute atomic E-state index is 0.105. The lowest BCUT2D eigenvalue weighted by atomic mass is 10.2. The van der Waals surface area contributed by atoms with Crippen molar-refractivity contribution in [2.75, 3.05) is 32.6 Å². The van der Waals surface area contributed by atoms with E-state index in [4.69, 9.17) is 4.74 Å².